The molecule has 0 radical (unpaired) electrons. The van der Waals surface area contributed by atoms with E-state index in [0.717, 1.165) is 0 Å². The van der Waals surface area contributed by atoms with Gasteiger partial charge in [-0.3, -0.25) is 19.4 Å². The standard InChI is InChI=1S/C15H29N7O6/c1-7(16)12(25)20-6-10(24)21-9(4-3-5-19-15(17)18)13(26)22-11(8(2)23)14(27)28/h7-9,11,23H,3-6,16H2,1-2H3,(H,20,25)(H,21,24)(H,22,26)(H,27,28)(H4,17,18,19). The van der Waals surface area contributed by atoms with Gasteiger partial charge in [-0.15, -0.1) is 0 Å². The first-order chi connectivity index (χ1) is 13.0. The molecule has 0 fully saturated rings. The van der Waals surface area contributed by atoms with Gasteiger partial charge in [0.25, 0.3) is 0 Å². The summed E-state index contributed by atoms with van der Waals surface area (Å²) in [7, 11) is 0. The highest BCUT2D eigenvalue weighted by molar-refractivity contribution is 5.92. The highest BCUT2D eigenvalue weighted by atomic mass is 16.4. The number of aliphatic imine (C=N–C) groups is 1. The summed E-state index contributed by atoms with van der Waals surface area (Å²) < 4.78 is 0. The summed E-state index contributed by atoms with van der Waals surface area (Å²) in [6.07, 6.45) is -0.971. The van der Waals surface area contributed by atoms with Gasteiger partial charge in [-0.2, -0.15) is 0 Å². The molecule has 0 spiro atoms. The Morgan fingerprint density at radius 2 is 1.68 bits per heavy atom. The Balaban J connectivity index is 4.99. The SMILES string of the molecule is CC(N)C(=O)NCC(=O)NC(CCCN=C(N)N)C(=O)NC(C(=O)O)C(C)O. The lowest BCUT2D eigenvalue weighted by Gasteiger charge is -2.22. The number of amides is 3. The maximum Gasteiger partial charge on any atom is 0.328 e. The zero-order valence-corrected chi connectivity index (χ0v) is 15.8. The Labute approximate surface area is 162 Å². The van der Waals surface area contributed by atoms with E-state index in [9.17, 15) is 24.3 Å². The van der Waals surface area contributed by atoms with Crippen molar-refractivity contribution in [3.63, 3.8) is 0 Å². The molecular formula is C15H29N7O6. The lowest BCUT2D eigenvalue weighted by Crippen LogP contribution is -2.55. The fourth-order valence-electron chi connectivity index (χ4n) is 1.99. The first kappa shape index (κ1) is 25.1. The van der Waals surface area contributed by atoms with E-state index in [1.165, 1.54) is 13.8 Å². The summed E-state index contributed by atoms with van der Waals surface area (Å²) in [5, 5.41) is 25.4. The van der Waals surface area contributed by atoms with Crippen LogP contribution in [0.1, 0.15) is 26.7 Å². The molecule has 4 atom stereocenters. The highest BCUT2D eigenvalue weighted by Gasteiger charge is 2.29. The normalized spacial score (nSPS) is 14.7. The summed E-state index contributed by atoms with van der Waals surface area (Å²) in [5.74, 6) is -3.62. The van der Waals surface area contributed by atoms with E-state index in [1.807, 2.05) is 0 Å². The number of hydrogen-bond acceptors (Lipinski definition) is 7. The van der Waals surface area contributed by atoms with Gasteiger partial charge in [0.15, 0.2) is 12.0 Å². The predicted molar refractivity (Wildman–Crippen MR) is 99.7 cm³/mol. The molecule has 3 amide bonds. The molecule has 0 rings (SSSR count). The third kappa shape index (κ3) is 10.3. The molecule has 0 aliphatic rings. The van der Waals surface area contributed by atoms with Crippen molar-refractivity contribution in [2.75, 3.05) is 13.1 Å². The second kappa shape index (κ2) is 12.5. The summed E-state index contributed by atoms with van der Waals surface area (Å²) in [6, 6.07) is -3.49. The number of nitrogens with one attached hydrogen (secondary N) is 3. The molecule has 13 heteroatoms. The molecule has 4 unspecified atom stereocenters. The Hall–Kier alpha value is -2.93. The molecule has 0 aliphatic heterocycles. The van der Waals surface area contributed by atoms with Crippen molar-refractivity contribution in [3.8, 4) is 0 Å². The van der Waals surface area contributed by atoms with Crippen LogP contribution in [0.25, 0.3) is 0 Å². The van der Waals surface area contributed by atoms with Crippen molar-refractivity contribution in [2.24, 2.45) is 22.2 Å². The molecule has 0 saturated heterocycles. The van der Waals surface area contributed by atoms with E-state index in [1.54, 1.807) is 0 Å². The van der Waals surface area contributed by atoms with Gasteiger partial charge in [0, 0.05) is 6.54 Å². The van der Waals surface area contributed by atoms with Crippen LogP contribution in [0.5, 0.6) is 0 Å². The van der Waals surface area contributed by atoms with Gasteiger partial charge >= 0.3 is 5.97 Å². The number of nitrogens with zero attached hydrogens (tertiary/aromatic N) is 1. The van der Waals surface area contributed by atoms with Crippen LogP contribution in [0.2, 0.25) is 0 Å². The molecule has 0 bridgehead atoms. The Morgan fingerprint density at radius 1 is 1.07 bits per heavy atom. The van der Waals surface area contributed by atoms with Gasteiger partial charge in [-0.1, -0.05) is 0 Å². The quantitative estimate of drug-likeness (QED) is 0.0897. The number of carbonyl (C=O) groups is 4. The van der Waals surface area contributed by atoms with E-state index >= 15 is 0 Å². The number of carbonyl (C=O) groups excluding carboxylic acids is 3. The van der Waals surface area contributed by atoms with Crippen LogP contribution in [-0.2, 0) is 19.2 Å². The van der Waals surface area contributed by atoms with Gasteiger partial charge < -0.3 is 43.4 Å². The number of hydrogen-bond donors (Lipinski definition) is 8. The molecule has 0 aromatic rings. The van der Waals surface area contributed by atoms with Gasteiger partial charge in [0.1, 0.15) is 6.04 Å². The van der Waals surface area contributed by atoms with E-state index in [4.69, 9.17) is 22.3 Å². The second-order valence-corrected chi connectivity index (χ2v) is 6.14. The minimum Gasteiger partial charge on any atom is -0.480 e. The van der Waals surface area contributed by atoms with Crippen LogP contribution < -0.4 is 33.2 Å². The summed E-state index contributed by atoms with van der Waals surface area (Å²) >= 11 is 0. The zero-order valence-electron chi connectivity index (χ0n) is 15.8. The molecule has 0 aromatic carbocycles. The van der Waals surface area contributed by atoms with Crippen molar-refractivity contribution in [2.45, 2.75) is 50.9 Å². The van der Waals surface area contributed by atoms with Crippen LogP contribution in [-0.4, -0.2) is 77.2 Å². The van der Waals surface area contributed by atoms with Crippen molar-refractivity contribution >= 4 is 29.7 Å². The molecule has 0 saturated carbocycles. The van der Waals surface area contributed by atoms with E-state index in [-0.39, 0.29) is 18.9 Å². The lowest BCUT2D eigenvalue weighted by atomic mass is 10.1. The van der Waals surface area contributed by atoms with Crippen LogP contribution in [0, 0.1) is 0 Å². The smallest absolute Gasteiger partial charge is 0.328 e. The number of carboxylic acids is 1. The highest BCUT2D eigenvalue weighted by Crippen LogP contribution is 2.02. The molecule has 160 valence electrons. The number of rotatable bonds is 12. The Bertz CT molecular complexity index is 589. The Morgan fingerprint density at radius 3 is 2.14 bits per heavy atom. The molecule has 13 nitrogen and oxygen atoms in total. The summed E-state index contributed by atoms with van der Waals surface area (Å²) in [6.45, 7) is 2.41. The topological polar surface area (TPSA) is 235 Å². The van der Waals surface area contributed by atoms with E-state index in [2.05, 4.69) is 20.9 Å². The Kier molecular flexibility index (Phi) is 11.2. The first-order valence-corrected chi connectivity index (χ1v) is 8.55. The molecule has 0 aliphatic carbocycles. The molecule has 28 heavy (non-hydrogen) atoms. The van der Waals surface area contributed by atoms with E-state index in [0.29, 0.717) is 6.42 Å². The lowest BCUT2D eigenvalue weighted by molar-refractivity contribution is -0.145. The third-order valence-electron chi connectivity index (χ3n) is 3.48. The second-order valence-electron chi connectivity index (χ2n) is 6.14. The molecule has 11 N–H and O–H groups in total. The fourth-order valence-corrected chi connectivity index (χ4v) is 1.99. The number of carboxylic acid groups (broad SMARTS) is 1. The monoisotopic (exact) mass is 403 g/mol. The van der Waals surface area contributed by atoms with Gasteiger partial charge in [0.05, 0.1) is 18.7 Å². The number of aliphatic carboxylic acids is 1. The van der Waals surface area contributed by atoms with Crippen LogP contribution in [0.4, 0.5) is 0 Å². The van der Waals surface area contributed by atoms with Gasteiger partial charge in [-0.25, -0.2) is 4.79 Å². The molecule has 0 aromatic heterocycles. The van der Waals surface area contributed by atoms with Crippen molar-refractivity contribution in [3.05, 3.63) is 0 Å². The average Bonchev–Trinajstić information content (AvgIpc) is 2.58. The molecule has 0 heterocycles. The van der Waals surface area contributed by atoms with Crippen molar-refractivity contribution in [1.29, 1.82) is 0 Å². The maximum atomic E-state index is 12.4. The van der Waals surface area contributed by atoms with E-state index < -0.39 is 54.5 Å². The summed E-state index contributed by atoms with van der Waals surface area (Å²) in [4.78, 5) is 50.7. The van der Waals surface area contributed by atoms with Gasteiger partial charge in [-0.05, 0) is 26.7 Å². The van der Waals surface area contributed by atoms with Crippen LogP contribution in [0.15, 0.2) is 4.99 Å². The van der Waals surface area contributed by atoms with Crippen LogP contribution >= 0.6 is 0 Å². The number of guanidine groups is 1. The largest absolute Gasteiger partial charge is 0.480 e. The summed E-state index contributed by atoms with van der Waals surface area (Å²) in [5.41, 5.74) is 15.8. The van der Waals surface area contributed by atoms with Gasteiger partial charge in [0.2, 0.25) is 17.7 Å². The minimum atomic E-state index is -1.55. The number of aliphatic hydroxyl groups excluding tert-OH is 1. The third-order valence-corrected chi connectivity index (χ3v) is 3.48. The predicted octanol–water partition coefficient (Wildman–Crippen LogP) is -4.06. The maximum absolute atomic E-state index is 12.4. The minimum absolute atomic E-state index is 0.0851. The zero-order chi connectivity index (χ0) is 21.9. The van der Waals surface area contributed by atoms with Crippen LogP contribution in [0.3, 0.4) is 0 Å². The number of nitrogens with two attached hydrogens (primary N) is 3. The van der Waals surface area contributed by atoms with Crippen molar-refractivity contribution in [1.82, 2.24) is 16.0 Å². The first-order valence-electron chi connectivity index (χ1n) is 8.55. The van der Waals surface area contributed by atoms with Crippen molar-refractivity contribution < 1.29 is 29.4 Å². The molecular weight excluding hydrogens is 374 g/mol. The number of aliphatic hydroxyl groups is 1. The fraction of sp³-hybridized carbons (Fsp3) is 0.667. The average molecular weight is 403 g/mol.